The van der Waals surface area contributed by atoms with Gasteiger partial charge in [0.1, 0.15) is 0 Å². The summed E-state index contributed by atoms with van der Waals surface area (Å²) in [6.45, 7) is 1.05. The second-order valence-corrected chi connectivity index (χ2v) is 5.86. The molecule has 1 aromatic heterocycles. The standard InChI is InChI=1S/C17H23N3O4/c1-20-8-6-5-7-12(20)17-18-16(19-24-17)11-9-13(21-2)15(23-4)14(10-11)22-3/h9-10,12H,5-8H2,1-4H3/t12-/m0/s1. The predicted octanol–water partition coefficient (Wildman–Crippen LogP) is 2.92. The molecule has 1 aliphatic rings. The summed E-state index contributed by atoms with van der Waals surface area (Å²) in [6, 6.07) is 3.82. The van der Waals surface area contributed by atoms with Gasteiger partial charge in [-0.2, -0.15) is 4.98 Å². The maximum absolute atomic E-state index is 5.52. The highest BCUT2D eigenvalue weighted by Crippen LogP contribution is 2.41. The predicted molar refractivity (Wildman–Crippen MR) is 88.6 cm³/mol. The summed E-state index contributed by atoms with van der Waals surface area (Å²) >= 11 is 0. The van der Waals surface area contributed by atoms with E-state index in [2.05, 4.69) is 22.1 Å². The first-order chi connectivity index (χ1) is 11.7. The zero-order chi connectivity index (χ0) is 17.1. The lowest BCUT2D eigenvalue weighted by atomic mass is 10.0. The first-order valence-corrected chi connectivity index (χ1v) is 8.02. The Morgan fingerprint density at radius 1 is 1.08 bits per heavy atom. The van der Waals surface area contributed by atoms with Gasteiger partial charge in [-0.25, -0.2) is 0 Å². The van der Waals surface area contributed by atoms with Crippen molar-refractivity contribution in [3.8, 4) is 28.6 Å². The molecule has 0 aliphatic carbocycles. The lowest BCUT2D eigenvalue weighted by Crippen LogP contribution is -2.29. The number of piperidine rings is 1. The van der Waals surface area contributed by atoms with Gasteiger partial charge < -0.3 is 18.7 Å². The van der Waals surface area contributed by atoms with E-state index in [-0.39, 0.29) is 6.04 Å². The summed E-state index contributed by atoms with van der Waals surface area (Å²) in [5.41, 5.74) is 0.762. The first-order valence-electron chi connectivity index (χ1n) is 8.02. The van der Waals surface area contributed by atoms with Gasteiger partial charge in [-0.15, -0.1) is 0 Å². The molecule has 0 N–H and O–H groups in total. The summed E-state index contributed by atoms with van der Waals surface area (Å²) in [7, 11) is 6.83. The molecular formula is C17H23N3O4. The minimum Gasteiger partial charge on any atom is -0.493 e. The van der Waals surface area contributed by atoms with E-state index in [1.54, 1.807) is 21.3 Å². The Bertz CT molecular complexity index is 676. The summed E-state index contributed by atoms with van der Waals surface area (Å²) in [6.07, 6.45) is 3.42. The molecule has 0 amide bonds. The van der Waals surface area contributed by atoms with Gasteiger partial charge in [0.25, 0.3) is 0 Å². The Kier molecular flexibility index (Phi) is 4.89. The minimum absolute atomic E-state index is 0.182. The van der Waals surface area contributed by atoms with Crippen LogP contribution in [0.3, 0.4) is 0 Å². The fourth-order valence-electron chi connectivity index (χ4n) is 3.09. The summed E-state index contributed by atoms with van der Waals surface area (Å²) < 4.78 is 21.6. The highest BCUT2D eigenvalue weighted by molar-refractivity contribution is 5.66. The molecule has 0 radical (unpaired) electrons. The van der Waals surface area contributed by atoms with Gasteiger partial charge in [-0.1, -0.05) is 11.6 Å². The van der Waals surface area contributed by atoms with Crippen molar-refractivity contribution >= 4 is 0 Å². The third kappa shape index (κ3) is 3.03. The summed E-state index contributed by atoms with van der Waals surface area (Å²) in [5.74, 6) is 2.84. The van der Waals surface area contributed by atoms with Gasteiger partial charge >= 0.3 is 0 Å². The van der Waals surface area contributed by atoms with E-state index < -0.39 is 0 Å². The highest BCUT2D eigenvalue weighted by Gasteiger charge is 2.26. The molecule has 2 aromatic rings. The van der Waals surface area contributed by atoms with Crippen LogP contribution in [0.2, 0.25) is 0 Å². The summed E-state index contributed by atoms with van der Waals surface area (Å²) in [5, 5.41) is 4.14. The average molecular weight is 333 g/mol. The van der Waals surface area contributed by atoms with Crippen molar-refractivity contribution in [1.82, 2.24) is 15.0 Å². The smallest absolute Gasteiger partial charge is 0.244 e. The van der Waals surface area contributed by atoms with Crippen LogP contribution in [0.25, 0.3) is 11.4 Å². The van der Waals surface area contributed by atoms with Gasteiger partial charge in [0, 0.05) is 5.56 Å². The number of rotatable bonds is 5. The molecule has 7 nitrogen and oxygen atoms in total. The molecule has 1 aliphatic heterocycles. The molecule has 7 heteroatoms. The van der Waals surface area contributed by atoms with Crippen LogP contribution in [0.1, 0.15) is 31.2 Å². The monoisotopic (exact) mass is 333 g/mol. The van der Waals surface area contributed by atoms with Crippen LogP contribution in [0.5, 0.6) is 17.2 Å². The second kappa shape index (κ2) is 7.09. The number of hydrogen-bond acceptors (Lipinski definition) is 7. The number of methoxy groups -OCH3 is 3. The number of nitrogens with zero attached hydrogens (tertiary/aromatic N) is 3. The quantitative estimate of drug-likeness (QED) is 0.833. The number of aromatic nitrogens is 2. The minimum atomic E-state index is 0.182. The molecule has 1 atom stereocenters. The van der Waals surface area contributed by atoms with Crippen LogP contribution < -0.4 is 14.2 Å². The third-order valence-corrected chi connectivity index (χ3v) is 4.42. The Morgan fingerprint density at radius 2 is 1.79 bits per heavy atom. The molecule has 1 saturated heterocycles. The van der Waals surface area contributed by atoms with Crippen molar-refractivity contribution < 1.29 is 18.7 Å². The van der Waals surface area contributed by atoms with Crippen LogP contribution in [0, 0.1) is 0 Å². The molecule has 0 spiro atoms. The first kappa shape index (κ1) is 16.6. The van der Waals surface area contributed by atoms with Gasteiger partial charge in [-0.3, -0.25) is 4.90 Å². The maximum Gasteiger partial charge on any atom is 0.244 e. The van der Waals surface area contributed by atoms with Gasteiger partial charge in [-0.05, 0) is 38.6 Å². The molecule has 1 aromatic carbocycles. The largest absolute Gasteiger partial charge is 0.493 e. The van der Waals surface area contributed by atoms with E-state index in [0.29, 0.717) is 29.0 Å². The summed E-state index contributed by atoms with van der Waals surface area (Å²) in [4.78, 5) is 6.85. The third-order valence-electron chi connectivity index (χ3n) is 4.42. The van der Waals surface area contributed by atoms with Crippen molar-refractivity contribution in [1.29, 1.82) is 0 Å². The zero-order valence-electron chi connectivity index (χ0n) is 14.5. The van der Waals surface area contributed by atoms with E-state index in [1.165, 1.54) is 12.8 Å². The van der Waals surface area contributed by atoms with Gasteiger partial charge in [0.2, 0.25) is 17.5 Å². The number of ether oxygens (including phenoxy) is 3. The number of benzene rings is 1. The lowest BCUT2D eigenvalue weighted by molar-refractivity contribution is 0.150. The Labute approximate surface area is 141 Å². The van der Waals surface area contributed by atoms with Crippen LogP contribution in [0.4, 0.5) is 0 Å². The van der Waals surface area contributed by atoms with Crippen molar-refractivity contribution in [3.63, 3.8) is 0 Å². The van der Waals surface area contributed by atoms with Gasteiger partial charge in [0.05, 0.1) is 27.4 Å². The average Bonchev–Trinajstić information content (AvgIpc) is 3.10. The lowest BCUT2D eigenvalue weighted by Gasteiger charge is -2.29. The fourth-order valence-corrected chi connectivity index (χ4v) is 3.09. The molecule has 3 rings (SSSR count). The Morgan fingerprint density at radius 3 is 2.38 bits per heavy atom. The van der Waals surface area contributed by atoms with Crippen LogP contribution in [0.15, 0.2) is 16.7 Å². The van der Waals surface area contributed by atoms with E-state index in [0.717, 1.165) is 18.5 Å². The van der Waals surface area contributed by atoms with Gasteiger partial charge in [0.15, 0.2) is 11.5 Å². The molecule has 2 heterocycles. The molecule has 0 unspecified atom stereocenters. The van der Waals surface area contributed by atoms with Crippen LogP contribution in [-0.4, -0.2) is 50.0 Å². The molecule has 0 saturated carbocycles. The maximum atomic E-state index is 5.52. The molecule has 0 bridgehead atoms. The Hall–Kier alpha value is -2.28. The van der Waals surface area contributed by atoms with Crippen molar-refractivity contribution in [3.05, 3.63) is 18.0 Å². The molecule has 130 valence electrons. The zero-order valence-corrected chi connectivity index (χ0v) is 14.5. The van der Waals surface area contributed by atoms with E-state index in [1.807, 2.05) is 12.1 Å². The molecular weight excluding hydrogens is 310 g/mol. The fraction of sp³-hybridized carbons (Fsp3) is 0.529. The molecule has 24 heavy (non-hydrogen) atoms. The SMILES string of the molecule is COc1cc(-c2noc([C@@H]3CCCCN3C)n2)cc(OC)c1OC. The van der Waals surface area contributed by atoms with Crippen LogP contribution >= 0.6 is 0 Å². The van der Waals surface area contributed by atoms with Crippen molar-refractivity contribution in [2.45, 2.75) is 25.3 Å². The number of hydrogen-bond donors (Lipinski definition) is 0. The normalized spacial score (nSPS) is 18.4. The van der Waals surface area contributed by atoms with Crippen LogP contribution in [-0.2, 0) is 0 Å². The van der Waals surface area contributed by atoms with E-state index in [4.69, 9.17) is 18.7 Å². The van der Waals surface area contributed by atoms with E-state index in [9.17, 15) is 0 Å². The number of likely N-dealkylation sites (tertiary alicyclic amines) is 1. The topological polar surface area (TPSA) is 69.9 Å². The Balaban J connectivity index is 1.95. The highest BCUT2D eigenvalue weighted by atomic mass is 16.5. The molecule has 1 fully saturated rings. The van der Waals surface area contributed by atoms with Crippen molar-refractivity contribution in [2.24, 2.45) is 0 Å². The van der Waals surface area contributed by atoms with E-state index >= 15 is 0 Å². The van der Waals surface area contributed by atoms with Crippen molar-refractivity contribution in [2.75, 3.05) is 34.9 Å². The second-order valence-electron chi connectivity index (χ2n) is 5.86.